The number of benzene rings is 1. The number of nitriles is 1. The van der Waals surface area contributed by atoms with Gasteiger partial charge in [0, 0.05) is 0 Å². The van der Waals surface area contributed by atoms with Crippen LogP contribution >= 0.6 is 0 Å². The highest BCUT2D eigenvalue weighted by Gasteiger charge is 2.14. The number of nitrogens with zero attached hydrogens (tertiary/aromatic N) is 1. The van der Waals surface area contributed by atoms with Gasteiger partial charge in [-0.2, -0.15) is 5.26 Å². The fraction of sp³-hybridized carbons (Fsp3) is 0.200. The van der Waals surface area contributed by atoms with E-state index in [4.69, 9.17) is 10.4 Å². The smallest absolute Gasteiger partial charge is 0.331 e. The Morgan fingerprint density at radius 1 is 1.44 bits per heavy atom. The monoisotopic (exact) mass is 270 g/mol. The van der Waals surface area contributed by atoms with Gasteiger partial charge in [0.1, 0.15) is 0 Å². The van der Waals surface area contributed by atoms with Crippen molar-refractivity contribution in [3.8, 4) is 6.07 Å². The Kier molecular flexibility index (Phi) is 4.79. The number of hydrogen-bond acceptors (Lipinski definition) is 5. The van der Waals surface area contributed by atoms with Crippen LogP contribution in [0.15, 0.2) is 24.3 Å². The Balaban J connectivity index is 2.71. The molecule has 0 bridgehead atoms. The fourth-order valence-corrected chi connectivity index (χ4v) is 2.13. The predicted octanol–water partition coefficient (Wildman–Crippen LogP) is -0.00612. The molecule has 0 saturated heterocycles. The zero-order valence-corrected chi connectivity index (χ0v) is 9.98. The summed E-state index contributed by atoms with van der Waals surface area (Å²) in [5.74, 6) is -1.76. The van der Waals surface area contributed by atoms with Crippen LogP contribution in [-0.4, -0.2) is 26.1 Å². The van der Waals surface area contributed by atoms with Crippen LogP contribution in [0, 0.1) is 11.3 Å². The summed E-state index contributed by atoms with van der Waals surface area (Å²) < 4.78 is 23.0. The van der Waals surface area contributed by atoms with Gasteiger partial charge in [-0.25, -0.2) is 13.2 Å². The van der Waals surface area contributed by atoms with Crippen LogP contribution in [0.4, 0.5) is 0 Å². The molecule has 0 saturated carbocycles. The van der Waals surface area contributed by atoms with Crippen molar-refractivity contribution in [3.63, 3.8) is 0 Å². The van der Waals surface area contributed by atoms with E-state index in [0.717, 1.165) is 0 Å². The Hall–Kier alpha value is -1.95. The molecule has 0 aliphatic carbocycles. The molecule has 2 N–H and O–H groups in total. The first-order valence-corrected chi connectivity index (χ1v) is 6.41. The molecular formula is C10H10N2O5S. The number of hydrogen-bond donors (Lipinski definition) is 2. The van der Waals surface area contributed by atoms with Crippen molar-refractivity contribution in [2.45, 2.75) is 5.75 Å². The van der Waals surface area contributed by atoms with E-state index in [9.17, 15) is 13.2 Å². The SMILES string of the molecule is N#Cc1ccccc1CS(=O)(=O)NOCC(=O)O. The van der Waals surface area contributed by atoms with Crippen LogP contribution in [0.25, 0.3) is 0 Å². The quantitative estimate of drug-likeness (QED) is 0.702. The highest BCUT2D eigenvalue weighted by molar-refractivity contribution is 7.88. The van der Waals surface area contributed by atoms with Gasteiger partial charge >= 0.3 is 5.97 Å². The number of rotatable bonds is 6. The maximum atomic E-state index is 11.5. The predicted molar refractivity (Wildman–Crippen MR) is 60.5 cm³/mol. The molecule has 18 heavy (non-hydrogen) atoms. The van der Waals surface area contributed by atoms with E-state index >= 15 is 0 Å². The third kappa shape index (κ3) is 4.50. The average molecular weight is 270 g/mol. The van der Waals surface area contributed by atoms with Crippen molar-refractivity contribution in [3.05, 3.63) is 35.4 Å². The minimum absolute atomic E-state index is 0.237. The lowest BCUT2D eigenvalue weighted by Crippen LogP contribution is -2.28. The molecule has 0 spiro atoms. The summed E-state index contributed by atoms with van der Waals surface area (Å²) in [5, 5.41) is 17.1. The molecule has 8 heteroatoms. The minimum atomic E-state index is -3.85. The van der Waals surface area contributed by atoms with Gasteiger partial charge in [-0.05, 0) is 11.6 Å². The summed E-state index contributed by atoms with van der Waals surface area (Å²) in [6, 6.07) is 8.06. The van der Waals surface area contributed by atoms with Crippen LogP contribution < -0.4 is 4.89 Å². The molecule has 0 aliphatic rings. The lowest BCUT2D eigenvalue weighted by Gasteiger charge is -2.06. The van der Waals surface area contributed by atoms with Gasteiger partial charge in [-0.15, -0.1) is 0 Å². The van der Waals surface area contributed by atoms with E-state index in [1.165, 1.54) is 12.1 Å². The summed E-state index contributed by atoms with van der Waals surface area (Å²) in [6.07, 6.45) is 0. The van der Waals surface area contributed by atoms with E-state index in [2.05, 4.69) is 4.84 Å². The van der Waals surface area contributed by atoms with Gasteiger partial charge in [-0.3, -0.25) is 4.84 Å². The first kappa shape index (κ1) is 14.1. The highest BCUT2D eigenvalue weighted by atomic mass is 32.2. The molecule has 0 fully saturated rings. The molecule has 7 nitrogen and oxygen atoms in total. The largest absolute Gasteiger partial charge is 0.479 e. The molecule has 1 aromatic carbocycles. The molecule has 0 heterocycles. The first-order valence-electron chi connectivity index (χ1n) is 4.75. The highest BCUT2D eigenvalue weighted by Crippen LogP contribution is 2.10. The Bertz CT molecular complexity index is 576. The molecular weight excluding hydrogens is 260 g/mol. The van der Waals surface area contributed by atoms with Gasteiger partial charge in [0.25, 0.3) is 0 Å². The molecule has 0 atom stereocenters. The third-order valence-corrected chi connectivity index (χ3v) is 2.93. The molecule has 0 aromatic heterocycles. The number of sulfonamides is 1. The summed E-state index contributed by atoms with van der Waals surface area (Å²) in [7, 11) is -3.85. The first-order chi connectivity index (χ1) is 8.44. The second-order valence-electron chi connectivity index (χ2n) is 3.29. The van der Waals surface area contributed by atoms with E-state index in [1.807, 2.05) is 6.07 Å². The summed E-state index contributed by atoms with van der Waals surface area (Å²) in [6.45, 7) is -0.779. The maximum Gasteiger partial charge on any atom is 0.331 e. The number of nitrogens with one attached hydrogen (secondary N) is 1. The number of carbonyl (C=O) groups is 1. The number of aliphatic carboxylic acids is 1. The van der Waals surface area contributed by atoms with E-state index in [0.29, 0.717) is 5.56 Å². The van der Waals surface area contributed by atoms with E-state index in [1.54, 1.807) is 17.0 Å². The molecule has 1 rings (SSSR count). The van der Waals surface area contributed by atoms with Crippen molar-refractivity contribution < 1.29 is 23.2 Å². The van der Waals surface area contributed by atoms with Gasteiger partial charge in [-0.1, -0.05) is 23.1 Å². The van der Waals surface area contributed by atoms with Gasteiger partial charge in [0.2, 0.25) is 10.0 Å². The lowest BCUT2D eigenvalue weighted by atomic mass is 10.1. The summed E-state index contributed by atoms with van der Waals surface area (Å²) in [5.41, 5.74) is 0.549. The normalized spacial score (nSPS) is 10.8. The van der Waals surface area contributed by atoms with Gasteiger partial charge < -0.3 is 5.11 Å². The van der Waals surface area contributed by atoms with Crippen LogP contribution in [-0.2, 0) is 25.4 Å². The molecule has 0 amide bonds. The van der Waals surface area contributed by atoms with Crippen molar-refractivity contribution in [2.24, 2.45) is 0 Å². The summed E-state index contributed by atoms with van der Waals surface area (Å²) >= 11 is 0. The van der Waals surface area contributed by atoms with Crippen LogP contribution in [0.1, 0.15) is 11.1 Å². The maximum absolute atomic E-state index is 11.5. The van der Waals surface area contributed by atoms with E-state index < -0.39 is 28.4 Å². The van der Waals surface area contributed by atoms with Crippen molar-refractivity contribution in [1.82, 2.24) is 4.89 Å². The zero-order chi connectivity index (χ0) is 13.6. The van der Waals surface area contributed by atoms with Gasteiger partial charge in [0.15, 0.2) is 6.61 Å². The standard InChI is InChI=1S/C10H10N2O5S/c11-5-8-3-1-2-4-9(8)7-18(15,16)12-17-6-10(13)14/h1-4,12H,6-7H2,(H,13,14). The lowest BCUT2D eigenvalue weighted by molar-refractivity contribution is -0.143. The molecule has 1 aromatic rings. The average Bonchev–Trinajstić information content (AvgIpc) is 2.28. The van der Waals surface area contributed by atoms with Crippen LogP contribution in [0.2, 0.25) is 0 Å². The van der Waals surface area contributed by atoms with Crippen molar-refractivity contribution >= 4 is 16.0 Å². The Morgan fingerprint density at radius 3 is 2.72 bits per heavy atom. The second-order valence-corrected chi connectivity index (χ2v) is 4.98. The second kappa shape index (κ2) is 6.11. The molecule has 0 aliphatic heterocycles. The minimum Gasteiger partial charge on any atom is -0.479 e. The van der Waals surface area contributed by atoms with E-state index in [-0.39, 0.29) is 5.56 Å². The van der Waals surface area contributed by atoms with Crippen molar-refractivity contribution in [2.75, 3.05) is 6.61 Å². The van der Waals surface area contributed by atoms with Crippen LogP contribution in [0.3, 0.4) is 0 Å². The number of carboxylic acid groups (broad SMARTS) is 1. The molecule has 0 radical (unpaired) electrons. The molecule has 0 unspecified atom stereocenters. The van der Waals surface area contributed by atoms with Crippen molar-refractivity contribution in [1.29, 1.82) is 5.26 Å². The summed E-state index contributed by atoms with van der Waals surface area (Å²) in [4.78, 5) is 16.1. The topological polar surface area (TPSA) is 116 Å². The number of carboxylic acids is 1. The van der Waals surface area contributed by atoms with Crippen LogP contribution in [0.5, 0.6) is 0 Å². The Labute approximate surface area is 104 Å². The third-order valence-electron chi connectivity index (χ3n) is 1.86. The zero-order valence-electron chi connectivity index (χ0n) is 9.16. The van der Waals surface area contributed by atoms with Gasteiger partial charge in [0.05, 0.1) is 17.4 Å². The fourth-order valence-electron chi connectivity index (χ4n) is 1.17. The molecule has 96 valence electrons. The Morgan fingerprint density at radius 2 is 2.11 bits per heavy atom.